The van der Waals surface area contributed by atoms with Crippen molar-refractivity contribution >= 4 is 11.6 Å². The quantitative estimate of drug-likeness (QED) is 0.903. The summed E-state index contributed by atoms with van der Waals surface area (Å²) in [5.74, 6) is 0. The first-order valence-corrected chi connectivity index (χ1v) is 7.03. The number of halogens is 1. The lowest BCUT2D eigenvalue weighted by atomic mass is 10.0. The van der Waals surface area contributed by atoms with Gasteiger partial charge in [0.05, 0.1) is 5.69 Å². The lowest BCUT2D eigenvalue weighted by molar-refractivity contribution is 0.588. The molecule has 0 unspecified atom stereocenters. The van der Waals surface area contributed by atoms with Crippen LogP contribution < -0.4 is 5.32 Å². The van der Waals surface area contributed by atoms with Crippen LogP contribution in [0.2, 0.25) is 5.02 Å². The molecule has 0 spiro atoms. The number of hydrogen-bond acceptors (Lipinski definition) is 2. The van der Waals surface area contributed by atoms with Gasteiger partial charge in [-0.05, 0) is 30.7 Å². The zero-order valence-corrected chi connectivity index (χ0v) is 12.4. The van der Waals surface area contributed by atoms with E-state index in [2.05, 4.69) is 37.3 Å². The van der Waals surface area contributed by atoms with Gasteiger partial charge in [-0.2, -0.15) is 5.10 Å². The molecule has 1 heterocycles. The van der Waals surface area contributed by atoms with E-state index in [-0.39, 0.29) is 0 Å². The van der Waals surface area contributed by atoms with Crippen molar-refractivity contribution in [1.82, 2.24) is 15.1 Å². The maximum atomic E-state index is 6.12. The van der Waals surface area contributed by atoms with Gasteiger partial charge >= 0.3 is 0 Å². The lowest BCUT2D eigenvalue weighted by Crippen LogP contribution is -2.22. The van der Waals surface area contributed by atoms with E-state index in [1.54, 1.807) is 0 Å². The van der Waals surface area contributed by atoms with E-state index in [4.69, 9.17) is 11.6 Å². The molecule has 4 heteroatoms. The second-order valence-corrected chi connectivity index (χ2v) is 5.31. The highest BCUT2D eigenvalue weighted by Crippen LogP contribution is 2.26. The average Bonchev–Trinajstić information content (AvgIpc) is 2.84. The molecular formula is C15H20ClN3. The first-order valence-electron chi connectivity index (χ1n) is 6.65. The van der Waals surface area contributed by atoms with E-state index in [1.807, 2.05) is 29.1 Å². The molecule has 0 atom stereocenters. The summed E-state index contributed by atoms with van der Waals surface area (Å²) in [4.78, 5) is 0. The zero-order chi connectivity index (χ0) is 13.8. The smallest absolute Gasteiger partial charge is 0.0685 e. The van der Waals surface area contributed by atoms with E-state index in [1.165, 1.54) is 11.1 Å². The fourth-order valence-corrected chi connectivity index (χ4v) is 2.28. The topological polar surface area (TPSA) is 29.9 Å². The first-order chi connectivity index (χ1) is 9.11. The van der Waals surface area contributed by atoms with Crippen LogP contribution in [0.3, 0.4) is 0 Å². The van der Waals surface area contributed by atoms with Crippen LogP contribution in [0.1, 0.15) is 26.3 Å². The van der Waals surface area contributed by atoms with Crippen LogP contribution in [-0.4, -0.2) is 15.8 Å². The average molecular weight is 278 g/mol. The first kappa shape index (κ1) is 14.1. The van der Waals surface area contributed by atoms with Crippen LogP contribution in [0.5, 0.6) is 0 Å². The van der Waals surface area contributed by atoms with Gasteiger partial charge in [0, 0.05) is 35.9 Å². The zero-order valence-electron chi connectivity index (χ0n) is 11.7. The van der Waals surface area contributed by atoms with E-state index in [9.17, 15) is 0 Å². The summed E-state index contributed by atoms with van der Waals surface area (Å²) in [6, 6.07) is 8.53. The molecular weight excluding hydrogens is 258 g/mol. The minimum absolute atomic E-state index is 0.447. The third-order valence-electron chi connectivity index (χ3n) is 3.06. The molecule has 0 aliphatic carbocycles. The number of hydrogen-bond donors (Lipinski definition) is 1. The molecule has 2 rings (SSSR count). The number of rotatable bonds is 5. The van der Waals surface area contributed by atoms with Gasteiger partial charge < -0.3 is 5.32 Å². The summed E-state index contributed by atoms with van der Waals surface area (Å²) >= 11 is 6.12. The van der Waals surface area contributed by atoms with Gasteiger partial charge in [0.25, 0.3) is 0 Å². The van der Waals surface area contributed by atoms with Crippen molar-refractivity contribution in [1.29, 1.82) is 0 Å². The van der Waals surface area contributed by atoms with Crippen molar-refractivity contribution in [2.45, 2.75) is 39.9 Å². The monoisotopic (exact) mass is 277 g/mol. The fraction of sp³-hybridized carbons (Fsp3) is 0.400. The minimum atomic E-state index is 0.447. The van der Waals surface area contributed by atoms with Crippen LogP contribution in [0.25, 0.3) is 11.3 Å². The van der Waals surface area contributed by atoms with Gasteiger partial charge in [-0.3, -0.25) is 4.68 Å². The number of nitrogens with zero attached hydrogens (tertiary/aromatic N) is 2. The number of benzene rings is 1. The summed E-state index contributed by atoms with van der Waals surface area (Å²) in [5, 5.41) is 8.54. The Labute approximate surface area is 119 Å². The molecule has 1 aromatic carbocycles. The molecule has 1 aromatic heterocycles. The molecule has 3 nitrogen and oxygen atoms in total. The fourth-order valence-electron chi connectivity index (χ4n) is 2.09. The SMILES string of the molecule is CCn1nccc1-c1ccc(Cl)cc1CNC(C)C. The van der Waals surface area contributed by atoms with E-state index >= 15 is 0 Å². The Bertz CT molecular complexity index is 546. The van der Waals surface area contributed by atoms with E-state index < -0.39 is 0 Å². The maximum Gasteiger partial charge on any atom is 0.0685 e. The van der Waals surface area contributed by atoms with Crippen molar-refractivity contribution in [2.24, 2.45) is 0 Å². The van der Waals surface area contributed by atoms with Crippen LogP contribution >= 0.6 is 11.6 Å². The predicted molar refractivity (Wildman–Crippen MR) is 80.3 cm³/mol. The highest BCUT2D eigenvalue weighted by molar-refractivity contribution is 6.30. The van der Waals surface area contributed by atoms with Gasteiger partial charge in [0.2, 0.25) is 0 Å². The van der Waals surface area contributed by atoms with Gasteiger partial charge in [-0.1, -0.05) is 31.5 Å². The molecule has 0 fully saturated rings. The van der Waals surface area contributed by atoms with Gasteiger partial charge in [0.15, 0.2) is 0 Å². The third kappa shape index (κ3) is 3.37. The van der Waals surface area contributed by atoms with Crippen LogP contribution in [0, 0.1) is 0 Å². The minimum Gasteiger partial charge on any atom is -0.310 e. The molecule has 0 bridgehead atoms. The predicted octanol–water partition coefficient (Wildman–Crippen LogP) is 3.72. The van der Waals surface area contributed by atoms with Crippen LogP contribution in [0.4, 0.5) is 0 Å². The maximum absolute atomic E-state index is 6.12. The van der Waals surface area contributed by atoms with Crippen LogP contribution in [0.15, 0.2) is 30.5 Å². The van der Waals surface area contributed by atoms with Crippen molar-refractivity contribution in [3.63, 3.8) is 0 Å². The standard InChI is InChI=1S/C15H20ClN3/c1-4-19-15(7-8-18-19)14-6-5-13(16)9-12(14)10-17-11(2)3/h5-9,11,17H,4,10H2,1-3H3. The summed E-state index contributed by atoms with van der Waals surface area (Å²) in [7, 11) is 0. The summed E-state index contributed by atoms with van der Waals surface area (Å²) in [6.45, 7) is 8.05. The Morgan fingerprint density at radius 1 is 1.32 bits per heavy atom. The summed E-state index contributed by atoms with van der Waals surface area (Å²) < 4.78 is 2.00. The molecule has 19 heavy (non-hydrogen) atoms. The number of aromatic nitrogens is 2. The normalized spacial score (nSPS) is 11.2. The summed E-state index contributed by atoms with van der Waals surface area (Å²) in [5.41, 5.74) is 3.54. The Morgan fingerprint density at radius 2 is 2.11 bits per heavy atom. The Hall–Kier alpha value is -1.32. The molecule has 0 radical (unpaired) electrons. The molecule has 0 saturated heterocycles. The highest BCUT2D eigenvalue weighted by atomic mass is 35.5. The van der Waals surface area contributed by atoms with Crippen molar-refractivity contribution in [2.75, 3.05) is 0 Å². The molecule has 0 aliphatic heterocycles. The Morgan fingerprint density at radius 3 is 2.79 bits per heavy atom. The number of aryl methyl sites for hydroxylation is 1. The molecule has 2 aromatic rings. The van der Waals surface area contributed by atoms with Crippen molar-refractivity contribution in [3.05, 3.63) is 41.0 Å². The second-order valence-electron chi connectivity index (χ2n) is 4.87. The lowest BCUT2D eigenvalue weighted by Gasteiger charge is -2.14. The number of nitrogens with one attached hydrogen (secondary N) is 1. The highest BCUT2D eigenvalue weighted by Gasteiger charge is 2.10. The molecule has 102 valence electrons. The van der Waals surface area contributed by atoms with Gasteiger partial charge in [-0.15, -0.1) is 0 Å². The largest absolute Gasteiger partial charge is 0.310 e. The van der Waals surface area contributed by atoms with E-state index in [0.29, 0.717) is 6.04 Å². The summed E-state index contributed by atoms with van der Waals surface area (Å²) in [6.07, 6.45) is 1.84. The van der Waals surface area contributed by atoms with Crippen molar-refractivity contribution in [3.8, 4) is 11.3 Å². The molecule has 0 aliphatic rings. The van der Waals surface area contributed by atoms with E-state index in [0.717, 1.165) is 23.8 Å². The molecule has 1 N–H and O–H groups in total. The Kier molecular flexibility index (Phi) is 4.61. The third-order valence-corrected chi connectivity index (χ3v) is 3.30. The van der Waals surface area contributed by atoms with Gasteiger partial charge in [0.1, 0.15) is 0 Å². The second kappa shape index (κ2) is 6.22. The van der Waals surface area contributed by atoms with Gasteiger partial charge in [-0.25, -0.2) is 0 Å². The molecule has 0 saturated carbocycles. The molecule has 0 amide bonds. The Balaban J connectivity index is 2.39. The van der Waals surface area contributed by atoms with Crippen molar-refractivity contribution < 1.29 is 0 Å². The van der Waals surface area contributed by atoms with Crippen LogP contribution in [-0.2, 0) is 13.1 Å².